The highest BCUT2D eigenvalue weighted by Gasteiger charge is 2.07. The number of hydrogen-bond acceptors (Lipinski definition) is 5. The Morgan fingerprint density at radius 3 is 2.58 bits per heavy atom. The average molecular weight is 255 g/mol. The van der Waals surface area contributed by atoms with Crippen molar-refractivity contribution in [3.05, 3.63) is 43.5 Å². The van der Waals surface area contributed by atoms with Gasteiger partial charge in [-0.3, -0.25) is 0 Å². The summed E-state index contributed by atoms with van der Waals surface area (Å²) in [4.78, 5) is 8.86. The minimum absolute atomic E-state index is 0.559. The van der Waals surface area contributed by atoms with E-state index in [-0.39, 0.29) is 0 Å². The zero-order valence-corrected chi connectivity index (χ0v) is 10.7. The Hall–Kier alpha value is -2.56. The summed E-state index contributed by atoms with van der Waals surface area (Å²) in [6.07, 6.45) is 3.53. The Morgan fingerprint density at radius 2 is 1.84 bits per heavy atom. The Kier molecular flexibility index (Phi) is 3.97. The van der Waals surface area contributed by atoms with Gasteiger partial charge in [-0.15, -0.1) is 13.2 Å². The van der Waals surface area contributed by atoms with Crippen molar-refractivity contribution < 1.29 is 0 Å². The van der Waals surface area contributed by atoms with Crippen LogP contribution in [0.4, 0.5) is 17.5 Å². The molecule has 5 heteroatoms. The molecule has 2 rings (SSSR count). The molecule has 0 aliphatic heterocycles. The maximum Gasteiger partial charge on any atom is 0.225 e. The summed E-state index contributed by atoms with van der Waals surface area (Å²) in [7, 11) is 0. The largest absolute Gasteiger partial charge is 0.399 e. The quantitative estimate of drug-likeness (QED) is 0.546. The molecule has 0 spiro atoms. The van der Waals surface area contributed by atoms with Crippen molar-refractivity contribution in [3.63, 3.8) is 0 Å². The first-order chi connectivity index (χ1) is 9.24. The summed E-state index contributed by atoms with van der Waals surface area (Å²) in [6.45, 7) is 8.58. The van der Waals surface area contributed by atoms with Gasteiger partial charge < -0.3 is 16.4 Å². The van der Waals surface area contributed by atoms with E-state index in [0.29, 0.717) is 24.7 Å². The van der Waals surface area contributed by atoms with Crippen LogP contribution in [0.1, 0.15) is 0 Å². The van der Waals surface area contributed by atoms with Gasteiger partial charge in [0.2, 0.25) is 5.95 Å². The van der Waals surface area contributed by atoms with Crippen LogP contribution in [-0.4, -0.2) is 23.1 Å². The number of aromatic nitrogens is 2. The second-order valence-electron chi connectivity index (χ2n) is 4.01. The van der Waals surface area contributed by atoms with E-state index < -0.39 is 0 Å². The maximum atomic E-state index is 5.81. The zero-order valence-electron chi connectivity index (χ0n) is 10.7. The standard InChI is InChI=1S/C14H17N5/c1-3-7-16-13-11-9-10(15)5-6-12(11)18-14(19-13)17-8-4-2/h3-6,9H,1-2,7-8,15H2,(H2,16,17,18,19). The minimum Gasteiger partial charge on any atom is -0.399 e. The van der Waals surface area contributed by atoms with Crippen LogP contribution < -0.4 is 16.4 Å². The van der Waals surface area contributed by atoms with E-state index in [4.69, 9.17) is 5.73 Å². The van der Waals surface area contributed by atoms with Gasteiger partial charge in [-0.05, 0) is 18.2 Å². The molecule has 0 amide bonds. The van der Waals surface area contributed by atoms with E-state index in [0.717, 1.165) is 16.7 Å². The molecular weight excluding hydrogens is 238 g/mol. The maximum absolute atomic E-state index is 5.81. The number of benzene rings is 1. The SMILES string of the molecule is C=CCNc1nc(NCC=C)c2cc(N)ccc2n1. The molecule has 0 bridgehead atoms. The molecule has 2 aromatic rings. The van der Waals surface area contributed by atoms with Crippen LogP contribution in [0.5, 0.6) is 0 Å². The van der Waals surface area contributed by atoms with E-state index in [2.05, 4.69) is 33.8 Å². The van der Waals surface area contributed by atoms with Gasteiger partial charge >= 0.3 is 0 Å². The Morgan fingerprint density at radius 1 is 1.11 bits per heavy atom. The van der Waals surface area contributed by atoms with E-state index in [1.54, 1.807) is 12.2 Å². The van der Waals surface area contributed by atoms with Gasteiger partial charge in [-0.25, -0.2) is 4.98 Å². The Labute approximate surface area is 112 Å². The number of rotatable bonds is 6. The van der Waals surface area contributed by atoms with Crippen LogP contribution in [-0.2, 0) is 0 Å². The summed E-state index contributed by atoms with van der Waals surface area (Å²) in [5, 5.41) is 7.17. The third-order valence-corrected chi connectivity index (χ3v) is 2.54. The van der Waals surface area contributed by atoms with Gasteiger partial charge in [-0.1, -0.05) is 12.2 Å². The van der Waals surface area contributed by atoms with Crippen LogP contribution in [0.2, 0.25) is 0 Å². The van der Waals surface area contributed by atoms with Gasteiger partial charge in [0.1, 0.15) is 5.82 Å². The molecule has 0 saturated carbocycles. The molecule has 0 aliphatic rings. The van der Waals surface area contributed by atoms with Gasteiger partial charge in [0.25, 0.3) is 0 Å². The van der Waals surface area contributed by atoms with E-state index in [1.807, 2.05) is 18.2 Å². The predicted molar refractivity (Wildman–Crippen MR) is 81.3 cm³/mol. The number of anilines is 3. The van der Waals surface area contributed by atoms with Crippen molar-refractivity contribution in [3.8, 4) is 0 Å². The number of nitrogen functional groups attached to an aromatic ring is 1. The highest BCUT2D eigenvalue weighted by molar-refractivity contribution is 5.92. The normalized spacial score (nSPS) is 10.1. The molecule has 0 fully saturated rings. The molecule has 0 unspecified atom stereocenters. The van der Waals surface area contributed by atoms with Crippen LogP contribution in [0, 0.1) is 0 Å². The monoisotopic (exact) mass is 255 g/mol. The lowest BCUT2D eigenvalue weighted by Gasteiger charge is -2.10. The first-order valence-electron chi connectivity index (χ1n) is 6.01. The van der Waals surface area contributed by atoms with Crippen molar-refractivity contribution >= 4 is 28.4 Å². The zero-order chi connectivity index (χ0) is 13.7. The molecule has 0 saturated heterocycles. The fourth-order valence-corrected chi connectivity index (χ4v) is 1.69. The molecule has 1 aromatic heterocycles. The number of nitrogens with one attached hydrogen (secondary N) is 2. The first kappa shape index (κ1) is 12.9. The van der Waals surface area contributed by atoms with Crippen molar-refractivity contribution in [1.29, 1.82) is 0 Å². The number of nitrogens with two attached hydrogens (primary N) is 1. The van der Waals surface area contributed by atoms with Gasteiger partial charge in [-0.2, -0.15) is 4.98 Å². The first-order valence-corrected chi connectivity index (χ1v) is 6.01. The Bertz CT molecular complexity index is 606. The minimum atomic E-state index is 0.559. The van der Waals surface area contributed by atoms with Crippen LogP contribution in [0.3, 0.4) is 0 Å². The third kappa shape index (κ3) is 3.01. The van der Waals surface area contributed by atoms with Gasteiger partial charge in [0, 0.05) is 24.2 Å². The van der Waals surface area contributed by atoms with Crippen LogP contribution in [0.15, 0.2) is 43.5 Å². The van der Waals surface area contributed by atoms with E-state index >= 15 is 0 Å². The number of hydrogen-bond donors (Lipinski definition) is 3. The summed E-state index contributed by atoms with van der Waals surface area (Å²) >= 11 is 0. The smallest absolute Gasteiger partial charge is 0.225 e. The molecule has 0 aliphatic carbocycles. The lowest BCUT2D eigenvalue weighted by Crippen LogP contribution is -2.08. The summed E-state index contributed by atoms with van der Waals surface area (Å²) < 4.78 is 0. The molecule has 98 valence electrons. The molecule has 1 heterocycles. The molecule has 5 nitrogen and oxygen atoms in total. The molecule has 4 N–H and O–H groups in total. The topological polar surface area (TPSA) is 75.9 Å². The third-order valence-electron chi connectivity index (χ3n) is 2.54. The highest BCUT2D eigenvalue weighted by Crippen LogP contribution is 2.24. The molecular formula is C14H17N5. The Balaban J connectivity index is 2.48. The van der Waals surface area contributed by atoms with E-state index in [1.165, 1.54) is 0 Å². The lowest BCUT2D eigenvalue weighted by molar-refractivity contribution is 1.14. The second-order valence-corrected chi connectivity index (χ2v) is 4.01. The highest BCUT2D eigenvalue weighted by atomic mass is 15.1. The second kappa shape index (κ2) is 5.86. The van der Waals surface area contributed by atoms with Gasteiger partial charge in [0.05, 0.1) is 5.52 Å². The van der Waals surface area contributed by atoms with Crippen LogP contribution in [0.25, 0.3) is 10.9 Å². The molecule has 0 radical (unpaired) electrons. The molecule has 0 atom stereocenters. The predicted octanol–water partition coefficient (Wildman–Crippen LogP) is 2.41. The molecule has 19 heavy (non-hydrogen) atoms. The summed E-state index contributed by atoms with van der Waals surface area (Å²) in [6, 6.07) is 5.56. The fraction of sp³-hybridized carbons (Fsp3) is 0.143. The molecule has 1 aromatic carbocycles. The summed E-state index contributed by atoms with van der Waals surface area (Å²) in [5.74, 6) is 1.30. The lowest BCUT2D eigenvalue weighted by atomic mass is 10.2. The average Bonchev–Trinajstić information content (AvgIpc) is 2.42. The van der Waals surface area contributed by atoms with Crippen molar-refractivity contribution in [2.24, 2.45) is 0 Å². The van der Waals surface area contributed by atoms with Crippen LogP contribution >= 0.6 is 0 Å². The van der Waals surface area contributed by atoms with Crippen molar-refractivity contribution in [2.45, 2.75) is 0 Å². The van der Waals surface area contributed by atoms with Crippen molar-refractivity contribution in [2.75, 3.05) is 29.5 Å². The van der Waals surface area contributed by atoms with Gasteiger partial charge in [0.15, 0.2) is 0 Å². The number of fused-ring (bicyclic) bond motifs is 1. The fourth-order valence-electron chi connectivity index (χ4n) is 1.69. The summed E-state index contributed by atoms with van der Waals surface area (Å²) in [5.41, 5.74) is 7.33. The van der Waals surface area contributed by atoms with Crippen molar-refractivity contribution in [1.82, 2.24) is 9.97 Å². The van der Waals surface area contributed by atoms with E-state index in [9.17, 15) is 0 Å². The number of nitrogens with zero attached hydrogens (tertiary/aromatic N) is 2.